The van der Waals surface area contributed by atoms with Crippen LogP contribution in [0.5, 0.6) is 0 Å². The molecule has 141 heavy (non-hydrogen) atoms. The maximum atomic E-state index is 2.50. The summed E-state index contributed by atoms with van der Waals surface area (Å²) in [7, 11) is 0. The highest BCUT2D eigenvalue weighted by molar-refractivity contribution is 6.21. The molecule has 0 radical (unpaired) electrons. The Morgan fingerprint density at radius 2 is 0.496 bits per heavy atom. The number of hydrogen-bond donors (Lipinski definition) is 0. The fourth-order valence-corrected chi connectivity index (χ4v) is 25.9. The Kier molecular flexibility index (Phi) is 18.3. The number of nitrogens with zero attached hydrogens (tertiary/aromatic N) is 4. The monoisotopic (exact) mass is 1800 g/mol. The zero-order valence-electron chi connectivity index (χ0n) is 79.5. The maximum absolute atomic E-state index is 2.50. The minimum absolute atomic E-state index is 0.0586. The molecule has 0 spiro atoms. The van der Waals surface area contributed by atoms with Crippen LogP contribution in [0.1, 0.15) is 120 Å². The van der Waals surface area contributed by atoms with E-state index in [1.54, 1.807) is 0 Å². The lowest BCUT2D eigenvalue weighted by atomic mass is 9.80. The van der Waals surface area contributed by atoms with Crippen LogP contribution in [0.15, 0.2) is 473 Å². The van der Waals surface area contributed by atoms with E-state index in [0.29, 0.717) is 0 Å². The molecule has 666 valence electrons. The second-order valence-corrected chi connectivity index (χ2v) is 40.8. The fraction of sp³-hybridized carbons (Fsp3) is 0.0803. The summed E-state index contributed by atoms with van der Waals surface area (Å²) in [5.74, 6) is 0.520. The zero-order valence-corrected chi connectivity index (χ0v) is 79.5. The van der Waals surface area contributed by atoms with Gasteiger partial charge in [0.25, 0.3) is 0 Å². The molecular formula is C137H98N4. The molecule has 0 aliphatic heterocycles. The lowest BCUT2D eigenvalue weighted by Crippen LogP contribution is -2.16. The fourth-order valence-electron chi connectivity index (χ4n) is 25.9. The maximum Gasteiger partial charge on any atom is 0.0588 e. The lowest BCUT2D eigenvalue weighted by Gasteiger charge is -2.23. The summed E-state index contributed by atoms with van der Waals surface area (Å²) in [6.45, 7) is 14.3. The molecule has 0 saturated carbocycles. The molecule has 0 saturated heterocycles. The number of benzene rings is 21. The largest absolute Gasteiger partial charge is 0.309 e. The van der Waals surface area contributed by atoms with Crippen LogP contribution in [0, 0.1) is 0 Å². The Morgan fingerprint density at radius 3 is 1.00 bits per heavy atom. The number of hydrogen-bond acceptors (Lipinski definition) is 0. The van der Waals surface area contributed by atoms with Crippen molar-refractivity contribution in [2.75, 3.05) is 0 Å². The third-order valence-electron chi connectivity index (χ3n) is 32.2. The molecule has 4 nitrogen and oxygen atoms in total. The van der Waals surface area contributed by atoms with Crippen LogP contribution in [-0.2, 0) is 16.2 Å². The Bertz CT molecular complexity index is 9480. The summed E-state index contributed by atoms with van der Waals surface area (Å²) in [4.78, 5) is 0. The molecule has 4 heteroatoms. The van der Waals surface area contributed by atoms with E-state index in [9.17, 15) is 0 Å². The van der Waals surface area contributed by atoms with Gasteiger partial charge >= 0.3 is 0 Å². The van der Waals surface area contributed by atoms with Crippen molar-refractivity contribution in [1.82, 2.24) is 18.3 Å². The van der Waals surface area contributed by atoms with Gasteiger partial charge in [0.05, 0.1) is 44.1 Å². The van der Waals surface area contributed by atoms with Crippen LogP contribution in [0.4, 0.5) is 0 Å². The summed E-state index contributed by atoms with van der Waals surface area (Å²) < 4.78 is 9.79. The summed E-state index contributed by atoms with van der Waals surface area (Å²) in [6.07, 6.45) is 0. The highest BCUT2D eigenvalue weighted by Gasteiger charge is 2.43. The second kappa shape index (κ2) is 31.4. The third-order valence-corrected chi connectivity index (χ3v) is 32.2. The number of fused-ring (bicyclic) bond motifs is 30. The zero-order chi connectivity index (χ0) is 93.8. The molecule has 0 N–H and O–H groups in total. The first-order valence-corrected chi connectivity index (χ1v) is 49.8. The van der Waals surface area contributed by atoms with Crippen molar-refractivity contribution >= 4 is 87.2 Å². The van der Waals surface area contributed by atoms with Gasteiger partial charge in [0, 0.05) is 93.9 Å². The van der Waals surface area contributed by atoms with Crippen LogP contribution < -0.4 is 0 Å². The van der Waals surface area contributed by atoms with Gasteiger partial charge in [-0.3, -0.25) is 0 Å². The summed E-state index contributed by atoms with van der Waals surface area (Å²) >= 11 is 0. The Hall–Kier alpha value is -17.2. The van der Waals surface area contributed by atoms with Gasteiger partial charge in [-0.25, -0.2) is 0 Å². The average molecular weight is 1800 g/mol. The van der Waals surface area contributed by atoms with Crippen LogP contribution in [0.3, 0.4) is 0 Å². The summed E-state index contributed by atoms with van der Waals surface area (Å²) in [5, 5.41) is 10.4. The first-order chi connectivity index (χ1) is 69.3. The molecular weight excluding hydrogens is 1700 g/mol. The smallest absolute Gasteiger partial charge is 0.0588 e. The van der Waals surface area contributed by atoms with E-state index in [0.717, 1.165) is 0 Å². The van der Waals surface area contributed by atoms with Crippen LogP contribution in [0.2, 0.25) is 0 Å². The van der Waals surface area contributed by atoms with Gasteiger partial charge in [0.2, 0.25) is 0 Å². The Morgan fingerprint density at radius 1 is 0.177 bits per heavy atom. The van der Waals surface area contributed by atoms with Crippen molar-refractivity contribution in [3.63, 3.8) is 0 Å². The van der Waals surface area contributed by atoms with Crippen LogP contribution in [-0.4, -0.2) is 18.3 Å². The van der Waals surface area contributed by atoms with Gasteiger partial charge in [-0.15, -0.1) is 0 Å². The van der Waals surface area contributed by atoms with Crippen LogP contribution >= 0.6 is 0 Å². The van der Waals surface area contributed by atoms with E-state index in [4.69, 9.17) is 0 Å². The van der Waals surface area contributed by atoms with Gasteiger partial charge in [0.15, 0.2) is 0 Å². The number of aromatic nitrogens is 4. The van der Waals surface area contributed by atoms with Crippen LogP contribution in [0.25, 0.3) is 199 Å². The van der Waals surface area contributed by atoms with E-state index in [-0.39, 0.29) is 28.1 Å². The quantitative estimate of drug-likeness (QED) is 0.137. The standard InChI is InChI=1S/2C46H33N.C45H32N2/c1-46(2)41-20-12-11-18-34(41)37-24-25-38-40-28-31(22-26-42(40)47(45(38)44(37)46)32-15-7-4-8-16-32)30-21-23-36-39(27-30)33-17-9-10-19-35(33)43(36)29-13-5-3-6-14-29;1-46(2)40-20-12-11-18-34(40)37-24-26-42-44(45(37)46)39-28-31(22-25-41(39)47(42)32-15-7-4-8-16-32)30-21-23-36-38(27-30)33-17-9-10-19-35(33)43(36)29-13-5-3-6-14-29;1-45(2)37-19-11-9-18-34(37)43-38(45)23-26-42-44(43)36-28-30(22-25-41(36)47(42)32-15-7-4-8-16-32)29-21-24-40-35(27-29)33-17-10-12-20-39(33)46(40)31-13-5-3-6-14-31/h2*3-28,43H,1-2H3;3-28H,1-2H3. The van der Waals surface area contributed by atoms with Crippen molar-refractivity contribution in [2.24, 2.45) is 0 Å². The topological polar surface area (TPSA) is 19.7 Å². The highest BCUT2D eigenvalue weighted by Crippen LogP contribution is 2.60. The first kappa shape index (κ1) is 82.1. The molecule has 0 fully saturated rings. The summed E-state index contributed by atoms with van der Waals surface area (Å²) in [5.41, 5.74) is 52.1. The SMILES string of the molecule is CC1(C)c2ccccc2-c2c1ccc1c2c2cc(-c3ccc4c(c3)c3ccccc3n4-c3ccccc3)ccc2n1-c1ccccc1.CC1(C)c2ccccc2-c2ccc3c(c21)c1cc(-c2ccc4c(c2)-c2ccccc2C4c2ccccc2)ccc1n3-c1ccccc1.CC1(C)c2ccccc2-c2ccc3c4cc(-c5ccc6c(c5)-c5ccccc5C6c5ccccc5)ccc4n(-c4ccccc4)c3c21. The molecule has 4 aromatic heterocycles. The van der Waals surface area contributed by atoms with E-state index in [1.807, 2.05) is 0 Å². The molecule has 5 aliphatic rings. The molecule has 5 aliphatic carbocycles. The highest BCUT2D eigenvalue weighted by atomic mass is 15.0. The molecule has 4 heterocycles. The van der Waals surface area contributed by atoms with Crippen molar-refractivity contribution in [3.05, 3.63) is 540 Å². The minimum Gasteiger partial charge on any atom is -0.309 e. The van der Waals surface area contributed by atoms with Gasteiger partial charge in [-0.05, 0) is 283 Å². The normalized spacial score (nSPS) is 14.8. The summed E-state index contributed by atoms with van der Waals surface area (Å²) in [6, 6.07) is 175. The molecule has 30 rings (SSSR count). The van der Waals surface area contributed by atoms with Crippen molar-refractivity contribution in [3.8, 4) is 112 Å². The third kappa shape index (κ3) is 12.3. The predicted molar refractivity (Wildman–Crippen MR) is 591 cm³/mol. The van der Waals surface area contributed by atoms with E-state index >= 15 is 0 Å². The molecule has 25 aromatic rings. The van der Waals surface area contributed by atoms with Gasteiger partial charge < -0.3 is 18.3 Å². The van der Waals surface area contributed by atoms with Gasteiger partial charge in [0.1, 0.15) is 0 Å². The predicted octanol–water partition coefficient (Wildman–Crippen LogP) is 35.7. The van der Waals surface area contributed by atoms with E-state index in [1.165, 1.54) is 266 Å². The van der Waals surface area contributed by atoms with Crippen molar-refractivity contribution < 1.29 is 0 Å². The van der Waals surface area contributed by atoms with Gasteiger partial charge in [-0.2, -0.15) is 0 Å². The number of rotatable bonds is 9. The minimum atomic E-state index is -0.113. The average Bonchev–Trinajstić information content (AvgIpc) is 1.54. The van der Waals surface area contributed by atoms with E-state index < -0.39 is 0 Å². The number of para-hydroxylation sites is 5. The van der Waals surface area contributed by atoms with Gasteiger partial charge in [-0.1, -0.05) is 387 Å². The van der Waals surface area contributed by atoms with Crippen molar-refractivity contribution in [2.45, 2.75) is 69.6 Å². The molecule has 2 atom stereocenters. The Labute approximate surface area is 820 Å². The van der Waals surface area contributed by atoms with Crippen molar-refractivity contribution in [1.29, 1.82) is 0 Å². The Balaban J connectivity index is 0.000000104. The molecule has 2 unspecified atom stereocenters. The molecule has 0 amide bonds. The van der Waals surface area contributed by atoms with E-state index in [2.05, 4.69) is 533 Å². The second-order valence-electron chi connectivity index (χ2n) is 40.8. The molecule has 21 aromatic carbocycles. The lowest BCUT2D eigenvalue weighted by molar-refractivity contribution is 0.661. The molecule has 0 bridgehead atoms. The first-order valence-electron chi connectivity index (χ1n) is 49.8.